The lowest BCUT2D eigenvalue weighted by Crippen LogP contribution is -2.22. The van der Waals surface area contributed by atoms with Crippen LogP contribution in [0.15, 0.2) is 15.2 Å². The summed E-state index contributed by atoms with van der Waals surface area (Å²) in [5, 5.41) is 12.1. The zero-order valence-corrected chi connectivity index (χ0v) is 13.7. The summed E-state index contributed by atoms with van der Waals surface area (Å²) in [5.74, 6) is 0. The number of aromatic nitrogens is 2. The van der Waals surface area contributed by atoms with Gasteiger partial charge in [0.25, 0.3) is 0 Å². The highest BCUT2D eigenvalue weighted by Gasteiger charge is 2.22. The van der Waals surface area contributed by atoms with Gasteiger partial charge in [-0.05, 0) is 51.4 Å². The number of hydrogen-bond donors (Lipinski definition) is 1. The summed E-state index contributed by atoms with van der Waals surface area (Å²) in [5.41, 5.74) is 2.41. The Labute approximate surface area is 124 Å². The molecular formula is C12H16BrN3S2. The molecule has 0 saturated carbocycles. The highest BCUT2D eigenvalue weighted by atomic mass is 79.9. The molecule has 2 heterocycles. The number of hydrogen-bond acceptors (Lipinski definition) is 5. The summed E-state index contributed by atoms with van der Waals surface area (Å²) in [7, 11) is 0. The van der Waals surface area contributed by atoms with E-state index in [0.29, 0.717) is 0 Å². The number of nitrogens with one attached hydrogen (secondary N) is 1. The lowest BCUT2D eigenvalue weighted by atomic mass is 10.1. The van der Waals surface area contributed by atoms with E-state index in [1.54, 1.807) is 11.3 Å². The molecule has 2 rings (SSSR count). The Morgan fingerprint density at radius 2 is 2.22 bits per heavy atom. The zero-order chi connectivity index (χ0) is 13.0. The van der Waals surface area contributed by atoms with Gasteiger partial charge in [-0.15, -0.1) is 5.10 Å². The molecule has 0 bridgehead atoms. The van der Waals surface area contributed by atoms with Crippen molar-refractivity contribution in [1.29, 1.82) is 0 Å². The zero-order valence-electron chi connectivity index (χ0n) is 10.4. The molecule has 0 aromatic carbocycles. The van der Waals surface area contributed by atoms with Crippen molar-refractivity contribution in [3.63, 3.8) is 0 Å². The number of aryl methyl sites for hydroxylation is 1. The maximum absolute atomic E-state index is 4.27. The van der Waals surface area contributed by atoms with Crippen molar-refractivity contribution < 1.29 is 0 Å². The quantitative estimate of drug-likeness (QED) is 0.859. The van der Waals surface area contributed by atoms with Crippen molar-refractivity contribution in [3.05, 3.63) is 31.4 Å². The molecule has 0 amide bonds. The topological polar surface area (TPSA) is 37.8 Å². The Balaban J connectivity index is 2.35. The van der Waals surface area contributed by atoms with E-state index in [2.05, 4.69) is 55.4 Å². The van der Waals surface area contributed by atoms with E-state index in [9.17, 15) is 0 Å². The summed E-state index contributed by atoms with van der Waals surface area (Å²) < 4.78 is 5.28. The molecule has 2 aromatic heterocycles. The van der Waals surface area contributed by atoms with Crippen LogP contribution in [-0.2, 0) is 6.42 Å². The summed E-state index contributed by atoms with van der Waals surface area (Å²) in [6.07, 6.45) is 2.09. The summed E-state index contributed by atoms with van der Waals surface area (Å²) in [6.45, 7) is 5.23. The predicted octanol–water partition coefficient (Wildman–Crippen LogP) is 4.01. The number of nitrogens with zero attached hydrogens (tertiary/aromatic N) is 2. The van der Waals surface area contributed by atoms with E-state index in [0.717, 1.165) is 29.6 Å². The maximum Gasteiger partial charge on any atom is 0.0807 e. The molecule has 0 saturated heterocycles. The van der Waals surface area contributed by atoms with E-state index in [4.69, 9.17) is 0 Å². The third kappa shape index (κ3) is 2.99. The molecular weight excluding hydrogens is 330 g/mol. The Bertz CT molecular complexity index is 495. The highest BCUT2D eigenvalue weighted by Crippen LogP contribution is 2.34. The predicted molar refractivity (Wildman–Crippen MR) is 81.4 cm³/mol. The van der Waals surface area contributed by atoms with Gasteiger partial charge in [-0.3, -0.25) is 0 Å². The largest absolute Gasteiger partial charge is 0.306 e. The Morgan fingerprint density at radius 1 is 1.39 bits per heavy atom. The molecule has 98 valence electrons. The van der Waals surface area contributed by atoms with Crippen LogP contribution in [0.1, 0.15) is 42.4 Å². The molecule has 0 spiro atoms. The Morgan fingerprint density at radius 3 is 2.83 bits per heavy atom. The minimum atomic E-state index is 0.206. The van der Waals surface area contributed by atoms with Crippen molar-refractivity contribution in [2.45, 2.75) is 32.7 Å². The molecule has 1 N–H and O–H groups in total. The van der Waals surface area contributed by atoms with Crippen LogP contribution in [0.3, 0.4) is 0 Å². The molecule has 0 aliphatic carbocycles. The van der Waals surface area contributed by atoms with Gasteiger partial charge in [-0.25, -0.2) is 0 Å². The smallest absolute Gasteiger partial charge is 0.0807 e. The van der Waals surface area contributed by atoms with E-state index in [1.165, 1.54) is 22.0 Å². The standard InChI is InChI=1S/C12H16BrN3S2/c1-3-5-10-12(18-16-15-10)11(14-4-2)8-6-17-7-9(8)13/h6-7,11,14H,3-5H2,1-2H3. The Hall–Kier alpha value is -0.300. The van der Waals surface area contributed by atoms with Crippen LogP contribution in [0, 0.1) is 0 Å². The number of thiophene rings is 1. The van der Waals surface area contributed by atoms with Gasteiger partial charge in [-0.2, -0.15) is 11.3 Å². The second-order valence-corrected chi connectivity index (χ2v) is 6.38. The van der Waals surface area contributed by atoms with Gasteiger partial charge in [0.05, 0.1) is 16.6 Å². The number of halogens is 1. The molecule has 0 aliphatic heterocycles. The summed E-state index contributed by atoms with van der Waals surface area (Å²) >= 11 is 6.84. The van der Waals surface area contributed by atoms with Crippen LogP contribution in [0.2, 0.25) is 0 Å². The fourth-order valence-electron chi connectivity index (χ4n) is 1.89. The van der Waals surface area contributed by atoms with Gasteiger partial charge in [0, 0.05) is 9.85 Å². The molecule has 0 aliphatic rings. The monoisotopic (exact) mass is 345 g/mol. The first kappa shape index (κ1) is 14.1. The SMILES string of the molecule is CCCc1nnsc1C(NCC)c1cscc1Br. The van der Waals surface area contributed by atoms with Crippen LogP contribution in [0.25, 0.3) is 0 Å². The molecule has 18 heavy (non-hydrogen) atoms. The fraction of sp³-hybridized carbons (Fsp3) is 0.500. The Kier molecular flexibility index (Phi) is 5.29. The van der Waals surface area contributed by atoms with E-state index in [1.807, 2.05) is 0 Å². The van der Waals surface area contributed by atoms with E-state index < -0.39 is 0 Å². The summed E-state index contributed by atoms with van der Waals surface area (Å²) in [4.78, 5) is 1.25. The first-order valence-electron chi connectivity index (χ1n) is 6.04. The first-order chi connectivity index (χ1) is 8.77. The molecule has 2 aromatic rings. The minimum Gasteiger partial charge on any atom is -0.306 e. The van der Waals surface area contributed by atoms with Crippen LogP contribution in [-0.4, -0.2) is 16.1 Å². The van der Waals surface area contributed by atoms with Crippen molar-refractivity contribution >= 4 is 38.8 Å². The van der Waals surface area contributed by atoms with Crippen molar-refractivity contribution in [1.82, 2.24) is 14.9 Å². The van der Waals surface area contributed by atoms with Crippen LogP contribution >= 0.6 is 38.8 Å². The third-order valence-corrected chi connectivity index (χ3v) is 5.28. The lowest BCUT2D eigenvalue weighted by Gasteiger charge is -2.16. The van der Waals surface area contributed by atoms with Gasteiger partial charge in [0.2, 0.25) is 0 Å². The minimum absolute atomic E-state index is 0.206. The molecule has 1 unspecified atom stereocenters. The van der Waals surface area contributed by atoms with Gasteiger partial charge >= 0.3 is 0 Å². The first-order valence-corrected chi connectivity index (χ1v) is 8.54. The molecule has 1 atom stereocenters. The van der Waals surface area contributed by atoms with Crippen LogP contribution < -0.4 is 5.32 Å². The van der Waals surface area contributed by atoms with Gasteiger partial charge in [0.1, 0.15) is 0 Å². The van der Waals surface area contributed by atoms with Crippen molar-refractivity contribution in [2.24, 2.45) is 0 Å². The van der Waals surface area contributed by atoms with Gasteiger partial charge < -0.3 is 5.32 Å². The molecule has 0 radical (unpaired) electrons. The highest BCUT2D eigenvalue weighted by molar-refractivity contribution is 9.10. The van der Waals surface area contributed by atoms with Crippen LogP contribution in [0.5, 0.6) is 0 Å². The summed E-state index contributed by atoms with van der Waals surface area (Å²) in [6, 6.07) is 0.206. The molecule has 6 heteroatoms. The normalized spacial score (nSPS) is 12.8. The second-order valence-electron chi connectivity index (χ2n) is 4.00. The van der Waals surface area contributed by atoms with Gasteiger partial charge in [0.15, 0.2) is 0 Å². The average Bonchev–Trinajstić information content (AvgIpc) is 2.96. The molecule has 3 nitrogen and oxygen atoms in total. The van der Waals surface area contributed by atoms with Crippen LogP contribution in [0.4, 0.5) is 0 Å². The third-order valence-electron chi connectivity index (χ3n) is 2.70. The average molecular weight is 346 g/mol. The molecule has 0 fully saturated rings. The van der Waals surface area contributed by atoms with Crippen molar-refractivity contribution in [3.8, 4) is 0 Å². The lowest BCUT2D eigenvalue weighted by molar-refractivity contribution is 0.630. The van der Waals surface area contributed by atoms with Gasteiger partial charge in [-0.1, -0.05) is 24.8 Å². The van der Waals surface area contributed by atoms with E-state index >= 15 is 0 Å². The fourth-order valence-corrected chi connectivity index (χ4v) is 4.23. The van der Waals surface area contributed by atoms with Crippen molar-refractivity contribution in [2.75, 3.05) is 6.54 Å². The maximum atomic E-state index is 4.27. The van der Waals surface area contributed by atoms with E-state index in [-0.39, 0.29) is 6.04 Å². The number of rotatable bonds is 6. The second kappa shape index (κ2) is 6.75.